The number of halogens is 4. The van der Waals surface area contributed by atoms with E-state index >= 15 is 0 Å². The number of hydrogen-bond acceptors (Lipinski definition) is 2. The average Bonchev–Trinajstić information content (AvgIpc) is 2.01. The Morgan fingerprint density at radius 1 is 1.36 bits per heavy atom. The molecule has 0 aliphatic heterocycles. The van der Waals surface area contributed by atoms with E-state index in [-0.39, 0.29) is 17.0 Å². The molecule has 0 atom stereocenters. The SMILES string of the molecule is NCc1c(S)cc(Br)cc1C(F)(F)F. The second-order valence-corrected chi connectivity index (χ2v) is 4.05. The van der Waals surface area contributed by atoms with Crippen LogP contribution in [0.3, 0.4) is 0 Å². The van der Waals surface area contributed by atoms with Gasteiger partial charge in [-0.1, -0.05) is 15.9 Å². The molecule has 0 fully saturated rings. The number of thiol groups is 1. The van der Waals surface area contributed by atoms with Crippen LogP contribution in [-0.4, -0.2) is 0 Å². The third kappa shape index (κ3) is 2.43. The van der Waals surface area contributed by atoms with Gasteiger partial charge in [0, 0.05) is 15.9 Å². The quantitative estimate of drug-likeness (QED) is 0.762. The van der Waals surface area contributed by atoms with Crippen LogP contribution in [-0.2, 0) is 12.7 Å². The predicted molar refractivity (Wildman–Crippen MR) is 54.3 cm³/mol. The monoisotopic (exact) mass is 285 g/mol. The summed E-state index contributed by atoms with van der Waals surface area (Å²) in [5.74, 6) is 0. The number of nitrogens with two attached hydrogens (primary N) is 1. The van der Waals surface area contributed by atoms with E-state index in [2.05, 4.69) is 28.6 Å². The molecule has 0 radical (unpaired) electrons. The lowest BCUT2D eigenvalue weighted by Crippen LogP contribution is -2.12. The van der Waals surface area contributed by atoms with Crippen molar-refractivity contribution in [3.63, 3.8) is 0 Å². The van der Waals surface area contributed by atoms with Crippen molar-refractivity contribution < 1.29 is 13.2 Å². The van der Waals surface area contributed by atoms with E-state index in [1.165, 1.54) is 6.07 Å². The van der Waals surface area contributed by atoms with Gasteiger partial charge in [0.1, 0.15) is 0 Å². The molecule has 1 nitrogen and oxygen atoms in total. The highest BCUT2D eigenvalue weighted by Crippen LogP contribution is 2.36. The molecule has 78 valence electrons. The minimum absolute atomic E-state index is 0.0176. The van der Waals surface area contributed by atoms with Crippen molar-refractivity contribution in [3.8, 4) is 0 Å². The lowest BCUT2D eigenvalue weighted by molar-refractivity contribution is -0.138. The van der Waals surface area contributed by atoms with Crippen LogP contribution in [0.2, 0.25) is 0 Å². The zero-order valence-corrected chi connectivity index (χ0v) is 9.38. The van der Waals surface area contributed by atoms with E-state index in [0.717, 1.165) is 6.07 Å². The Bertz CT molecular complexity index is 351. The first-order valence-corrected chi connectivity index (χ1v) is 4.89. The summed E-state index contributed by atoms with van der Waals surface area (Å²) in [6.45, 7) is -0.180. The molecule has 0 saturated carbocycles. The van der Waals surface area contributed by atoms with Gasteiger partial charge in [0.25, 0.3) is 0 Å². The molecule has 0 unspecified atom stereocenters. The largest absolute Gasteiger partial charge is 0.416 e. The molecule has 0 saturated heterocycles. The zero-order chi connectivity index (χ0) is 10.9. The van der Waals surface area contributed by atoms with Crippen LogP contribution in [0.15, 0.2) is 21.5 Å². The van der Waals surface area contributed by atoms with E-state index in [1.807, 2.05) is 0 Å². The van der Waals surface area contributed by atoms with Crippen molar-refractivity contribution in [1.82, 2.24) is 0 Å². The molecule has 1 aromatic rings. The average molecular weight is 286 g/mol. The fourth-order valence-corrected chi connectivity index (χ4v) is 2.08. The first-order valence-electron chi connectivity index (χ1n) is 3.65. The van der Waals surface area contributed by atoms with Crippen LogP contribution >= 0.6 is 28.6 Å². The maximum atomic E-state index is 12.5. The normalized spacial score (nSPS) is 11.9. The topological polar surface area (TPSA) is 26.0 Å². The van der Waals surface area contributed by atoms with Crippen LogP contribution in [0.4, 0.5) is 13.2 Å². The smallest absolute Gasteiger partial charge is 0.326 e. The van der Waals surface area contributed by atoms with Gasteiger partial charge in [-0.3, -0.25) is 0 Å². The Labute approximate surface area is 93.0 Å². The molecule has 0 bridgehead atoms. The van der Waals surface area contributed by atoms with Crippen molar-refractivity contribution in [2.24, 2.45) is 5.73 Å². The zero-order valence-electron chi connectivity index (χ0n) is 6.90. The second kappa shape index (κ2) is 4.12. The molecule has 2 N–H and O–H groups in total. The van der Waals surface area contributed by atoms with Gasteiger partial charge in [0.05, 0.1) is 5.56 Å². The predicted octanol–water partition coefficient (Wildman–Crippen LogP) is 3.22. The standard InChI is InChI=1S/C8H7BrF3NS/c9-4-1-6(8(10,11)12)5(3-13)7(14)2-4/h1-2,14H,3,13H2. The van der Waals surface area contributed by atoms with Gasteiger partial charge in [0.2, 0.25) is 0 Å². The molecular formula is C8H7BrF3NS. The van der Waals surface area contributed by atoms with Gasteiger partial charge in [-0.2, -0.15) is 13.2 Å². The van der Waals surface area contributed by atoms with Crippen LogP contribution in [0.25, 0.3) is 0 Å². The summed E-state index contributed by atoms with van der Waals surface area (Å²) in [6.07, 6.45) is -4.39. The van der Waals surface area contributed by atoms with E-state index < -0.39 is 11.7 Å². The molecular weight excluding hydrogens is 279 g/mol. The molecule has 0 aliphatic rings. The van der Waals surface area contributed by atoms with Crippen LogP contribution in [0.5, 0.6) is 0 Å². The van der Waals surface area contributed by atoms with Crippen LogP contribution in [0.1, 0.15) is 11.1 Å². The van der Waals surface area contributed by atoms with Crippen molar-refractivity contribution in [2.75, 3.05) is 0 Å². The maximum Gasteiger partial charge on any atom is 0.416 e. The molecule has 0 spiro atoms. The van der Waals surface area contributed by atoms with Gasteiger partial charge in [-0.05, 0) is 17.7 Å². The summed E-state index contributed by atoms with van der Waals surface area (Å²) in [7, 11) is 0. The number of hydrogen-bond donors (Lipinski definition) is 2. The fourth-order valence-electron chi connectivity index (χ4n) is 1.09. The first-order chi connectivity index (χ1) is 6.36. The van der Waals surface area contributed by atoms with Gasteiger partial charge >= 0.3 is 6.18 Å². The lowest BCUT2D eigenvalue weighted by Gasteiger charge is -2.13. The summed E-state index contributed by atoms with van der Waals surface area (Å²) in [5, 5.41) is 0. The van der Waals surface area contributed by atoms with Crippen molar-refractivity contribution in [2.45, 2.75) is 17.6 Å². The molecule has 0 heterocycles. The molecule has 14 heavy (non-hydrogen) atoms. The third-order valence-corrected chi connectivity index (χ3v) is 2.56. The second-order valence-electron chi connectivity index (χ2n) is 2.65. The highest BCUT2D eigenvalue weighted by Gasteiger charge is 2.33. The molecule has 1 aromatic carbocycles. The molecule has 0 amide bonds. The van der Waals surface area contributed by atoms with Crippen molar-refractivity contribution >= 4 is 28.6 Å². The number of alkyl halides is 3. The van der Waals surface area contributed by atoms with E-state index in [4.69, 9.17) is 5.73 Å². The molecule has 1 rings (SSSR count). The van der Waals surface area contributed by atoms with E-state index in [1.54, 1.807) is 0 Å². The number of benzene rings is 1. The van der Waals surface area contributed by atoms with Gasteiger partial charge in [0.15, 0.2) is 0 Å². The van der Waals surface area contributed by atoms with E-state index in [9.17, 15) is 13.2 Å². The Morgan fingerprint density at radius 3 is 2.36 bits per heavy atom. The maximum absolute atomic E-state index is 12.5. The summed E-state index contributed by atoms with van der Waals surface area (Å²) in [4.78, 5) is 0.245. The number of rotatable bonds is 1. The van der Waals surface area contributed by atoms with Crippen molar-refractivity contribution in [1.29, 1.82) is 0 Å². The summed E-state index contributed by atoms with van der Waals surface area (Å²) in [6, 6.07) is 2.49. The molecule has 0 aromatic heterocycles. The van der Waals surface area contributed by atoms with Gasteiger partial charge in [-0.15, -0.1) is 12.6 Å². The Morgan fingerprint density at radius 2 is 1.93 bits per heavy atom. The van der Waals surface area contributed by atoms with Crippen molar-refractivity contribution in [3.05, 3.63) is 27.7 Å². The van der Waals surface area contributed by atoms with Gasteiger partial charge in [-0.25, -0.2) is 0 Å². The highest BCUT2D eigenvalue weighted by atomic mass is 79.9. The minimum Gasteiger partial charge on any atom is -0.326 e. The summed E-state index contributed by atoms with van der Waals surface area (Å²) >= 11 is 6.92. The van der Waals surface area contributed by atoms with Crippen LogP contribution in [0, 0.1) is 0 Å². The fraction of sp³-hybridized carbons (Fsp3) is 0.250. The van der Waals surface area contributed by atoms with Gasteiger partial charge < -0.3 is 5.73 Å². The van der Waals surface area contributed by atoms with E-state index in [0.29, 0.717) is 4.47 Å². The Kier molecular flexibility index (Phi) is 3.49. The summed E-state index contributed by atoms with van der Waals surface area (Å²) < 4.78 is 37.8. The minimum atomic E-state index is -4.39. The Balaban J connectivity index is 3.40. The molecule has 0 aliphatic carbocycles. The highest BCUT2D eigenvalue weighted by molar-refractivity contribution is 9.10. The summed E-state index contributed by atoms with van der Waals surface area (Å²) in [5.41, 5.74) is 4.51. The lowest BCUT2D eigenvalue weighted by atomic mass is 10.1. The Hall–Kier alpha value is -0.200. The van der Waals surface area contributed by atoms with Crippen LogP contribution < -0.4 is 5.73 Å². The molecule has 6 heteroatoms. The third-order valence-electron chi connectivity index (χ3n) is 1.70. The first kappa shape index (κ1) is 11.9.